The van der Waals surface area contributed by atoms with Crippen molar-refractivity contribution in [2.45, 2.75) is 19.0 Å². The van der Waals surface area contributed by atoms with Gasteiger partial charge in [0.05, 0.1) is 30.0 Å². The lowest BCUT2D eigenvalue weighted by molar-refractivity contribution is -0.699. The molecule has 1 aromatic heterocycles. The van der Waals surface area contributed by atoms with E-state index in [1.165, 1.54) is 11.6 Å². The molecule has 1 atom stereocenters. The van der Waals surface area contributed by atoms with E-state index in [4.69, 9.17) is 4.42 Å². The minimum absolute atomic E-state index is 0.237. The first-order chi connectivity index (χ1) is 13.6. The highest BCUT2D eigenvalue weighted by atomic mass is 16.4. The molecule has 0 aliphatic carbocycles. The summed E-state index contributed by atoms with van der Waals surface area (Å²) in [6.07, 6.45) is 1.28. The number of carboxylic acids is 1. The van der Waals surface area contributed by atoms with Crippen LogP contribution in [0.5, 0.6) is 0 Å². The van der Waals surface area contributed by atoms with Crippen LogP contribution in [-0.2, 0) is 16.1 Å². The van der Waals surface area contributed by atoms with Crippen molar-refractivity contribution in [2.24, 2.45) is 0 Å². The van der Waals surface area contributed by atoms with Crippen molar-refractivity contribution >= 4 is 23.3 Å². The zero-order valence-corrected chi connectivity index (χ0v) is 15.2. The normalized spacial score (nSPS) is 11.6. The van der Waals surface area contributed by atoms with Crippen LogP contribution in [0.15, 0.2) is 83.5 Å². The molecule has 0 saturated carbocycles. The summed E-state index contributed by atoms with van der Waals surface area (Å²) in [6.45, 7) is 0.306. The molecule has 0 aliphatic heterocycles. The Bertz CT molecular complexity index is 843. The number of rotatable bonds is 9. The number of anilines is 2. The minimum atomic E-state index is -1.30. The third kappa shape index (κ3) is 5.21. The summed E-state index contributed by atoms with van der Waals surface area (Å²) in [5.41, 5.74) is 4.30. The van der Waals surface area contributed by atoms with E-state index in [0.29, 0.717) is 12.3 Å². The molecule has 0 bridgehead atoms. The highest BCUT2D eigenvalue weighted by Gasteiger charge is 2.21. The van der Waals surface area contributed by atoms with Gasteiger partial charge in [-0.1, -0.05) is 36.4 Å². The Hall–Kier alpha value is -3.58. The van der Waals surface area contributed by atoms with Gasteiger partial charge in [-0.05, 0) is 36.4 Å². The van der Waals surface area contributed by atoms with Gasteiger partial charge in [-0.25, -0.2) is 0 Å². The van der Waals surface area contributed by atoms with E-state index < -0.39 is 17.9 Å². The van der Waals surface area contributed by atoms with Crippen molar-refractivity contribution in [1.82, 2.24) is 5.43 Å². The highest BCUT2D eigenvalue weighted by Crippen LogP contribution is 2.22. The zero-order valence-electron chi connectivity index (χ0n) is 15.2. The SMILES string of the molecule is O=C(C[C@@H]([NH2+]Cc1ccco1)C(=O)[O-])NN(c1ccccc1)c1ccccc1. The predicted molar refractivity (Wildman–Crippen MR) is 101 cm³/mol. The molecule has 0 spiro atoms. The monoisotopic (exact) mass is 379 g/mol. The predicted octanol–water partition coefficient (Wildman–Crippen LogP) is 0.721. The maximum Gasteiger partial charge on any atom is 0.245 e. The van der Waals surface area contributed by atoms with Gasteiger partial charge < -0.3 is 19.6 Å². The highest BCUT2D eigenvalue weighted by molar-refractivity contribution is 5.85. The second-order valence-electron chi connectivity index (χ2n) is 6.19. The Morgan fingerprint density at radius 2 is 1.57 bits per heavy atom. The summed E-state index contributed by atoms with van der Waals surface area (Å²) in [5, 5.41) is 14.6. The lowest BCUT2D eigenvalue weighted by Crippen LogP contribution is -2.92. The van der Waals surface area contributed by atoms with Crippen LogP contribution < -0.4 is 20.9 Å². The number of nitrogens with two attached hydrogens (primary N) is 1. The molecule has 7 heteroatoms. The Morgan fingerprint density at radius 3 is 2.07 bits per heavy atom. The molecular formula is C21H21N3O4. The molecule has 1 amide bonds. The molecule has 28 heavy (non-hydrogen) atoms. The van der Waals surface area contributed by atoms with Gasteiger partial charge in [-0.15, -0.1) is 0 Å². The van der Waals surface area contributed by atoms with Crippen molar-refractivity contribution in [3.05, 3.63) is 84.8 Å². The summed E-state index contributed by atoms with van der Waals surface area (Å²) < 4.78 is 5.20. The van der Waals surface area contributed by atoms with Gasteiger partial charge in [-0.2, -0.15) is 0 Å². The first kappa shape index (κ1) is 19.2. The molecule has 0 saturated heterocycles. The number of para-hydroxylation sites is 2. The fourth-order valence-electron chi connectivity index (χ4n) is 2.75. The number of hydrazine groups is 1. The molecule has 0 unspecified atom stereocenters. The number of amides is 1. The lowest BCUT2D eigenvalue weighted by Gasteiger charge is -2.26. The van der Waals surface area contributed by atoms with E-state index in [-0.39, 0.29) is 6.42 Å². The van der Waals surface area contributed by atoms with Crippen LogP contribution in [0.25, 0.3) is 0 Å². The topological polar surface area (TPSA) is 102 Å². The summed E-state index contributed by atoms with van der Waals surface area (Å²) in [7, 11) is 0. The quantitative estimate of drug-likeness (QED) is 0.534. The van der Waals surface area contributed by atoms with Crippen LogP contribution >= 0.6 is 0 Å². The molecule has 0 fully saturated rings. The van der Waals surface area contributed by atoms with Crippen LogP contribution in [0, 0.1) is 0 Å². The van der Waals surface area contributed by atoms with Gasteiger partial charge in [0.1, 0.15) is 12.6 Å². The number of aliphatic carboxylic acids is 1. The van der Waals surface area contributed by atoms with Gasteiger partial charge in [0.25, 0.3) is 0 Å². The van der Waals surface area contributed by atoms with E-state index in [1.807, 2.05) is 60.7 Å². The molecular weight excluding hydrogens is 358 g/mol. The fourth-order valence-corrected chi connectivity index (χ4v) is 2.75. The van der Waals surface area contributed by atoms with E-state index in [2.05, 4.69) is 5.43 Å². The molecule has 3 rings (SSSR count). The van der Waals surface area contributed by atoms with Gasteiger partial charge in [-0.3, -0.25) is 15.2 Å². The smallest absolute Gasteiger partial charge is 0.245 e. The number of hydrogen-bond acceptors (Lipinski definition) is 5. The average molecular weight is 379 g/mol. The van der Waals surface area contributed by atoms with Crippen LogP contribution in [0.4, 0.5) is 11.4 Å². The van der Waals surface area contributed by atoms with Crippen molar-refractivity contribution in [3.63, 3.8) is 0 Å². The zero-order chi connectivity index (χ0) is 19.8. The van der Waals surface area contributed by atoms with Crippen LogP contribution in [0.2, 0.25) is 0 Å². The van der Waals surface area contributed by atoms with E-state index in [0.717, 1.165) is 11.4 Å². The lowest BCUT2D eigenvalue weighted by atomic mass is 10.2. The van der Waals surface area contributed by atoms with Crippen LogP contribution in [-0.4, -0.2) is 17.9 Å². The third-order valence-corrected chi connectivity index (χ3v) is 4.16. The van der Waals surface area contributed by atoms with Gasteiger partial charge in [0.15, 0.2) is 5.76 Å². The third-order valence-electron chi connectivity index (χ3n) is 4.16. The average Bonchev–Trinajstić information content (AvgIpc) is 3.24. The van der Waals surface area contributed by atoms with Crippen molar-refractivity contribution < 1.29 is 24.4 Å². The number of carboxylic acid groups (broad SMARTS) is 1. The Labute approximate surface area is 162 Å². The molecule has 1 heterocycles. The van der Waals surface area contributed by atoms with Gasteiger partial charge >= 0.3 is 0 Å². The number of nitrogens with zero attached hydrogens (tertiary/aromatic N) is 1. The number of carbonyl (C=O) groups is 2. The first-order valence-corrected chi connectivity index (χ1v) is 8.90. The number of quaternary nitrogens is 1. The number of nitrogens with one attached hydrogen (secondary N) is 1. The Morgan fingerprint density at radius 1 is 0.964 bits per heavy atom. The first-order valence-electron chi connectivity index (χ1n) is 8.90. The van der Waals surface area contributed by atoms with Gasteiger partial charge in [0, 0.05) is 0 Å². The Kier molecular flexibility index (Phi) is 6.43. The molecule has 7 nitrogen and oxygen atoms in total. The molecule has 0 aliphatic rings. The van der Waals surface area contributed by atoms with Crippen LogP contribution in [0.1, 0.15) is 12.2 Å². The van der Waals surface area contributed by atoms with E-state index in [9.17, 15) is 14.7 Å². The van der Waals surface area contributed by atoms with Crippen molar-refractivity contribution in [3.8, 4) is 0 Å². The maximum absolute atomic E-state index is 12.6. The number of hydrogen-bond donors (Lipinski definition) is 2. The van der Waals surface area contributed by atoms with E-state index in [1.54, 1.807) is 17.1 Å². The van der Waals surface area contributed by atoms with Crippen molar-refractivity contribution in [1.29, 1.82) is 0 Å². The molecule has 3 N–H and O–H groups in total. The second-order valence-corrected chi connectivity index (χ2v) is 6.19. The minimum Gasteiger partial charge on any atom is -0.544 e. The summed E-state index contributed by atoms with van der Waals surface area (Å²) in [5.74, 6) is -1.10. The number of furan rings is 1. The standard InChI is InChI=1S/C21H21N3O4/c25-20(14-19(21(26)27)22-15-18-12-7-13-28-18)23-24(16-8-3-1-4-9-16)17-10-5-2-6-11-17/h1-13,19,22H,14-15H2,(H,23,25)(H,26,27)/t19-/m1/s1. The number of carbonyl (C=O) groups excluding carboxylic acids is 2. The second kappa shape index (κ2) is 9.38. The van der Waals surface area contributed by atoms with Gasteiger partial charge in [0.2, 0.25) is 5.91 Å². The Balaban J connectivity index is 1.69. The van der Waals surface area contributed by atoms with Crippen molar-refractivity contribution in [2.75, 3.05) is 5.01 Å². The molecule has 2 aromatic carbocycles. The van der Waals surface area contributed by atoms with Crippen LogP contribution in [0.3, 0.4) is 0 Å². The number of benzene rings is 2. The van der Waals surface area contributed by atoms with E-state index >= 15 is 0 Å². The largest absolute Gasteiger partial charge is 0.544 e. The maximum atomic E-state index is 12.6. The summed E-state index contributed by atoms with van der Waals surface area (Å²) >= 11 is 0. The summed E-state index contributed by atoms with van der Waals surface area (Å²) in [6, 6.07) is 21.1. The fraction of sp³-hybridized carbons (Fsp3) is 0.143. The summed E-state index contributed by atoms with van der Waals surface area (Å²) in [4.78, 5) is 24.0. The molecule has 3 aromatic rings. The molecule has 144 valence electrons. The molecule has 0 radical (unpaired) electrons.